The van der Waals surface area contributed by atoms with Crippen LogP contribution in [0, 0.1) is 11.7 Å². The van der Waals surface area contributed by atoms with E-state index in [1.807, 2.05) is 18.2 Å². The van der Waals surface area contributed by atoms with Crippen LogP contribution < -0.4 is 0 Å². The number of aliphatic hydroxyl groups excluding tert-OH is 1. The zero-order valence-corrected chi connectivity index (χ0v) is 13.3. The molecule has 0 saturated heterocycles. The lowest BCUT2D eigenvalue weighted by Crippen LogP contribution is -2.15. The minimum Gasteiger partial charge on any atom is -0.388 e. The first-order valence-electron chi connectivity index (χ1n) is 7.35. The number of halogens is 2. The van der Waals surface area contributed by atoms with Gasteiger partial charge in [0.1, 0.15) is 5.82 Å². The van der Waals surface area contributed by atoms with Crippen LogP contribution in [0.25, 0.3) is 0 Å². The predicted molar refractivity (Wildman–Crippen MR) is 85.6 cm³/mol. The zero-order valence-electron chi connectivity index (χ0n) is 11.7. The maximum atomic E-state index is 13.4. The number of aryl methyl sites for hydroxylation is 1. The second-order valence-electron chi connectivity index (χ2n) is 5.74. The van der Waals surface area contributed by atoms with Gasteiger partial charge in [0.2, 0.25) is 0 Å². The minimum absolute atomic E-state index is 0.131. The number of benzene rings is 2. The quantitative estimate of drug-likeness (QED) is 0.771. The van der Waals surface area contributed by atoms with Crippen molar-refractivity contribution in [1.29, 1.82) is 0 Å². The Labute approximate surface area is 132 Å². The summed E-state index contributed by atoms with van der Waals surface area (Å²) in [5, 5.41) is 10.7. The standard InChI is InChI=1S/C18H18BrFO/c19-17-9-8-15(20)11-14(17)10-13-6-3-5-12-4-1-2-7-16(12)18(13)21/h1-2,4,7-9,11,13,18,21H,3,5-6,10H2. The highest BCUT2D eigenvalue weighted by Gasteiger charge is 2.26. The minimum atomic E-state index is -0.473. The summed E-state index contributed by atoms with van der Waals surface area (Å²) in [4.78, 5) is 0. The lowest BCUT2D eigenvalue weighted by Gasteiger charge is -2.22. The van der Waals surface area contributed by atoms with Crippen molar-refractivity contribution < 1.29 is 9.50 Å². The van der Waals surface area contributed by atoms with Gasteiger partial charge in [-0.05, 0) is 66.5 Å². The molecule has 2 aromatic rings. The lowest BCUT2D eigenvalue weighted by molar-refractivity contribution is 0.105. The van der Waals surface area contributed by atoms with E-state index in [4.69, 9.17) is 0 Å². The van der Waals surface area contributed by atoms with Crippen molar-refractivity contribution in [3.63, 3.8) is 0 Å². The summed E-state index contributed by atoms with van der Waals surface area (Å²) in [5.74, 6) is -0.0940. The molecule has 0 heterocycles. The van der Waals surface area contributed by atoms with Crippen molar-refractivity contribution >= 4 is 15.9 Å². The topological polar surface area (TPSA) is 20.2 Å². The van der Waals surface area contributed by atoms with Crippen molar-refractivity contribution in [2.24, 2.45) is 5.92 Å². The van der Waals surface area contributed by atoms with Gasteiger partial charge < -0.3 is 5.11 Å². The van der Waals surface area contributed by atoms with Crippen LogP contribution in [-0.4, -0.2) is 5.11 Å². The van der Waals surface area contributed by atoms with Crippen molar-refractivity contribution in [3.8, 4) is 0 Å². The Bertz CT molecular complexity index is 641. The van der Waals surface area contributed by atoms with Gasteiger partial charge in [0.25, 0.3) is 0 Å². The van der Waals surface area contributed by atoms with Gasteiger partial charge in [0, 0.05) is 4.47 Å². The summed E-state index contributed by atoms with van der Waals surface area (Å²) in [5.41, 5.74) is 3.21. The van der Waals surface area contributed by atoms with E-state index in [-0.39, 0.29) is 11.7 Å². The van der Waals surface area contributed by atoms with Crippen LogP contribution in [0.2, 0.25) is 0 Å². The van der Waals surface area contributed by atoms with Crippen LogP contribution in [0.5, 0.6) is 0 Å². The molecule has 0 aromatic heterocycles. The van der Waals surface area contributed by atoms with E-state index in [0.29, 0.717) is 6.42 Å². The third kappa shape index (κ3) is 3.19. The molecule has 3 heteroatoms. The summed E-state index contributed by atoms with van der Waals surface area (Å²) in [7, 11) is 0. The molecule has 1 aliphatic carbocycles. The van der Waals surface area contributed by atoms with E-state index in [0.717, 1.165) is 34.9 Å². The smallest absolute Gasteiger partial charge is 0.123 e. The van der Waals surface area contributed by atoms with E-state index >= 15 is 0 Å². The van der Waals surface area contributed by atoms with Crippen molar-refractivity contribution in [1.82, 2.24) is 0 Å². The zero-order chi connectivity index (χ0) is 14.8. The van der Waals surface area contributed by atoms with Gasteiger partial charge in [-0.25, -0.2) is 4.39 Å². The molecule has 0 bridgehead atoms. The summed E-state index contributed by atoms with van der Waals surface area (Å²) >= 11 is 3.48. The first-order chi connectivity index (χ1) is 10.1. The number of hydrogen-bond donors (Lipinski definition) is 1. The Kier molecular flexibility index (Phi) is 4.41. The number of hydrogen-bond acceptors (Lipinski definition) is 1. The van der Waals surface area contributed by atoms with Crippen molar-refractivity contribution in [2.45, 2.75) is 31.8 Å². The van der Waals surface area contributed by atoms with Gasteiger partial charge >= 0.3 is 0 Å². The predicted octanol–water partition coefficient (Wildman–Crippen LogP) is 4.82. The van der Waals surface area contributed by atoms with Crippen LogP contribution in [0.3, 0.4) is 0 Å². The van der Waals surface area contributed by atoms with E-state index in [2.05, 4.69) is 22.0 Å². The molecule has 2 aromatic carbocycles. The highest BCUT2D eigenvalue weighted by atomic mass is 79.9. The second kappa shape index (κ2) is 6.29. The molecule has 1 N–H and O–H groups in total. The summed E-state index contributed by atoms with van der Waals surface area (Å²) < 4.78 is 14.3. The molecule has 0 fully saturated rings. The van der Waals surface area contributed by atoms with Crippen LogP contribution in [0.4, 0.5) is 4.39 Å². The molecule has 21 heavy (non-hydrogen) atoms. The fourth-order valence-electron chi connectivity index (χ4n) is 3.21. The average Bonchev–Trinajstić information content (AvgIpc) is 2.64. The van der Waals surface area contributed by atoms with Crippen LogP contribution in [0.1, 0.15) is 35.6 Å². The molecule has 2 unspecified atom stereocenters. The maximum Gasteiger partial charge on any atom is 0.123 e. The van der Waals surface area contributed by atoms with Gasteiger partial charge in [-0.3, -0.25) is 0 Å². The largest absolute Gasteiger partial charge is 0.388 e. The van der Waals surface area contributed by atoms with E-state index in [9.17, 15) is 9.50 Å². The van der Waals surface area contributed by atoms with Crippen LogP contribution >= 0.6 is 15.9 Å². The molecular weight excluding hydrogens is 331 g/mol. The third-order valence-electron chi connectivity index (χ3n) is 4.33. The van der Waals surface area contributed by atoms with E-state index in [1.165, 1.54) is 11.6 Å². The number of rotatable bonds is 2. The molecule has 0 radical (unpaired) electrons. The van der Waals surface area contributed by atoms with Gasteiger partial charge in [0.15, 0.2) is 0 Å². The summed E-state index contributed by atoms with van der Waals surface area (Å²) in [6.07, 6.45) is 3.24. The van der Waals surface area contributed by atoms with Crippen LogP contribution in [-0.2, 0) is 12.8 Å². The summed E-state index contributed by atoms with van der Waals surface area (Å²) in [6, 6.07) is 12.9. The third-order valence-corrected chi connectivity index (χ3v) is 5.10. The maximum absolute atomic E-state index is 13.4. The molecule has 1 nitrogen and oxygen atoms in total. The molecule has 0 aliphatic heterocycles. The SMILES string of the molecule is OC1c2ccccc2CCCC1Cc1cc(F)ccc1Br. The van der Waals surface area contributed by atoms with E-state index in [1.54, 1.807) is 12.1 Å². The number of aliphatic hydroxyl groups is 1. The molecule has 0 amide bonds. The average molecular weight is 349 g/mol. The summed E-state index contributed by atoms with van der Waals surface area (Å²) in [6.45, 7) is 0. The molecule has 110 valence electrons. The normalized spacial score (nSPS) is 21.7. The number of fused-ring (bicyclic) bond motifs is 1. The Hall–Kier alpha value is -1.19. The van der Waals surface area contributed by atoms with Gasteiger partial charge in [-0.1, -0.05) is 40.2 Å². The first-order valence-corrected chi connectivity index (χ1v) is 8.14. The molecule has 2 atom stereocenters. The van der Waals surface area contributed by atoms with Crippen molar-refractivity contribution in [2.75, 3.05) is 0 Å². The lowest BCUT2D eigenvalue weighted by atomic mass is 9.88. The monoisotopic (exact) mass is 348 g/mol. The van der Waals surface area contributed by atoms with Gasteiger partial charge in [0.05, 0.1) is 6.10 Å². The Morgan fingerprint density at radius 3 is 2.86 bits per heavy atom. The fraction of sp³-hybridized carbons (Fsp3) is 0.333. The van der Waals surface area contributed by atoms with Gasteiger partial charge in [-0.2, -0.15) is 0 Å². The van der Waals surface area contributed by atoms with E-state index < -0.39 is 6.10 Å². The highest BCUT2D eigenvalue weighted by molar-refractivity contribution is 9.10. The fourth-order valence-corrected chi connectivity index (χ4v) is 3.62. The molecule has 3 rings (SSSR count). The Morgan fingerprint density at radius 1 is 1.19 bits per heavy atom. The van der Waals surface area contributed by atoms with Gasteiger partial charge in [-0.15, -0.1) is 0 Å². The molecule has 0 saturated carbocycles. The molecular formula is C18H18BrFO. The Morgan fingerprint density at radius 2 is 2.00 bits per heavy atom. The Balaban J connectivity index is 1.87. The molecule has 1 aliphatic rings. The molecule has 0 spiro atoms. The first kappa shape index (κ1) is 14.7. The van der Waals surface area contributed by atoms with Crippen LogP contribution in [0.15, 0.2) is 46.9 Å². The highest BCUT2D eigenvalue weighted by Crippen LogP contribution is 2.36. The van der Waals surface area contributed by atoms with Crippen molar-refractivity contribution in [3.05, 3.63) is 69.4 Å². The second-order valence-corrected chi connectivity index (χ2v) is 6.59.